The van der Waals surface area contributed by atoms with Gasteiger partial charge in [0.05, 0.1) is 12.1 Å². The Hall–Kier alpha value is -3.75. The molecule has 2 aromatic heterocycles. The van der Waals surface area contributed by atoms with E-state index in [0.29, 0.717) is 13.0 Å². The van der Waals surface area contributed by atoms with E-state index in [1.807, 2.05) is 37.4 Å². The lowest BCUT2D eigenvalue weighted by Gasteiger charge is -2.12. The van der Waals surface area contributed by atoms with Crippen molar-refractivity contribution < 1.29 is 9.59 Å². The predicted molar refractivity (Wildman–Crippen MR) is 107 cm³/mol. The van der Waals surface area contributed by atoms with Crippen LogP contribution in [0.2, 0.25) is 0 Å². The van der Waals surface area contributed by atoms with Gasteiger partial charge in [0.2, 0.25) is 0 Å². The monoisotopic (exact) mass is 394 g/mol. The molecule has 2 N–H and O–H groups in total. The van der Waals surface area contributed by atoms with E-state index in [0.717, 1.165) is 11.4 Å². The van der Waals surface area contributed by atoms with Gasteiger partial charge in [-0.25, -0.2) is 0 Å². The zero-order valence-electron chi connectivity index (χ0n) is 16.3. The predicted octanol–water partition coefficient (Wildman–Crippen LogP) is 0.357. The molecule has 9 nitrogen and oxygen atoms in total. The first kappa shape index (κ1) is 20.0. The molecule has 0 spiro atoms. The molecule has 3 aromatic rings. The lowest BCUT2D eigenvalue weighted by molar-refractivity contribution is 0.0953. The van der Waals surface area contributed by atoms with Gasteiger partial charge in [0.25, 0.3) is 17.4 Å². The SMILES string of the molecule is CNC(=O)c1cc(C(=O)NCCc2nncn2C)cn(Cc2ccccc2)c1=O. The summed E-state index contributed by atoms with van der Waals surface area (Å²) in [5, 5.41) is 13.0. The maximum atomic E-state index is 12.7. The van der Waals surface area contributed by atoms with Crippen LogP contribution in [0.3, 0.4) is 0 Å². The summed E-state index contributed by atoms with van der Waals surface area (Å²) < 4.78 is 3.15. The lowest BCUT2D eigenvalue weighted by Crippen LogP contribution is -2.34. The summed E-state index contributed by atoms with van der Waals surface area (Å²) in [6.45, 7) is 0.599. The van der Waals surface area contributed by atoms with E-state index in [9.17, 15) is 14.4 Å². The smallest absolute Gasteiger partial charge is 0.263 e. The minimum Gasteiger partial charge on any atom is -0.355 e. The van der Waals surface area contributed by atoms with Crippen LogP contribution in [0.15, 0.2) is 53.7 Å². The number of nitrogens with one attached hydrogen (secondary N) is 2. The Morgan fingerprint density at radius 3 is 2.55 bits per heavy atom. The Balaban J connectivity index is 1.83. The molecule has 2 amide bonds. The van der Waals surface area contributed by atoms with Crippen molar-refractivity contribution in [2.75, 3.05) is 13.6 Å². The van der Waals surface area contributed by atoms with E-state index >= 15 is 0 Å². The van der Waals surface area contributed by atoms with E-state index in [-0.39, 0.29) is 23.6 Å². The first-order chi connectivity index (χ1) is 14.0. The maximum Gasteiger partial charge on any atom is 0.263 e. The van der Waals surface area contributed by atoms with Crippen molar-refractivity contribution in [1.29, 1.82) is 0 Å². The maximum absolute atomic E-state index is 12.7. The number of carbonyl (C=O) groups is 2. The van der Waals surface area contributed by atoms with Crippen LogP contribution in [0, 0.1) is 0 Å². The summed E-state index contributed by atoms with van der Waals surface area (Å²) in [4.78, 5) is 37.5. The highest BCUT2D eigenvalue weighted by atomic mass is 16.2. The molecular weight excluding hydrogens is 372 g/mol. The number of hydrogen-bond acceptors (Lipinski definition) is 5. The van der Waals surface area contributed by atoms with E-state index in [4.69, 9.17) is 0 Å². The van der Waals surface area contributed by atoms with Crippen molar-refractivity contribution in [3.8, 4) is 0 Å². The van der Waals surface area contributed by atoms with Crippen LogP contribution in [0.25, 0.3) is 0 Å². The second-order valence-electron chi connectivity index (χ2n) is 6.50. The van der Waals surface area contributed by atoms with Gasteiger partial charge in [-0.15, -0.1) is 10.2 Å². The van der Waals surface area contributed by atoms with Gasteiger partial charge in [-0.1, -0.05) is 30.3 Å². The Morgan fingerprint density at radius 2 is 1.90 bits per heavy atom. The van der Waals surface area contributed by atoms with Crippen LogP contribution in [0.4, 0.5) is 0 Å². The highest BCUT2D eigenvalue weighted by Gasteiger charge is 2.17. The zero-order valence-corrected chi connectivity index (χ0v) is 16.3. The number of aryl methyl sites for hydroxylation is 1. The Labute approximate surface area is 167 Å². The van der Waals surface area contributed by atoms with Gasteiger partial charge < -0.3 is 19.8 Å². The second-order valence-corrected chi connectivity index (χ2v) is 6.50. The Morgan fingerprint density at radius 1 is 1.14 bits per heavy atom. The molecule has 0 radical (unpaired) electrons. The number of benzene rings is 1. The van der Waals surface area contributed by atoms with Crippen molar-refractivity contribution >= 4 is 11.8 Å². The number of carbonyl (C=O) groups excluding carboxylic acids is 2. The first-order valence-corrected chi connectivity index (χ1v) is 9.11. The van der Waals surface area contributed by atoms with Gasteiger partial charge in [-0.3, -0.25) is 14.4 Å². The van der Waals surface area contributed by atoms with E-state index in [2.05, 4.69) is 20.8 Å². The van der Waals surface area contributed by atoms with Gasteiger partial charge in [0.1, 0.15) is 17.7 Å². The van der Waals surface area contributed by atoms with Crippen LogP contribution in [-0.2, 0) is 20.0 Å². The van der Waals surface area contributed by atoms with Gasteiger partial charge in [-0.2, -0.15) is 0 Å². The van der Waals surface area contributed by atoms with Crippen LogP contribution in [0.5, 0.6) is 0 Å². The van der Waals surface area contributed by atoms with Gasteiger partial charge in [0.15, 0.2) is 0 Å². The highest BCUT2D eigenvalue weighted by Crippen LogP contribution is 2.06. The van der Waals surface area contributed by atoms with Crippen molar-refractivity contribution in [2.24, 2.45) is 7.05 Å². The summed E-state index contributed by atoms with van der Waals surface area (Å²) in [6, 6.07) is 10.7. The molecular formula is C20H22N6O3. The molecule has 3 rings (SSSR count). The fraction of sp³-hybridized carbons (Fsp3) is 0.250. The van der Waals surface area contributed by atoms with E-state index in [1.54, 1.807) is 10.9 Å². The third kappa shape index (κ3) is 4.75. The average molecular weight is 394 g/mol. The summed E-state index contributed by atoms with van der Waals surface area (Å²) in [6.07, 6.45) is 3.57. The lowest BCUT2D eigenvalue weighted by atomic mass is 10.1. The third-order valence-corrected chi connectivity index (χ3v) is 4.45. The molecule has 9 heteroatoms. The Bertz CT molecular complexity index is 1070. The van der Waals surface area contributed by atoms with Crippen molar-refractivity contribution in [3.05, 3.63) is 81.8 Å². The molecule has 0 atom stereocenters. The normalized spacial score (nSPS) is 10.6. The molecule has 0 aliphatic heterocycles. The number of rotatable bonds is 7. The van der Waals surface area contributed by atoms with Crippen LogP contribution in [-0.4, -0.2) is 44.7 Å². The number of pyridine rings is 1. The molecule has 0 fully saturated rings. The van der Waals surface area contributed by atoms with Gasteiger partial charge in [0, 0.05) is 33.3 Å². The number of nitrogens with zero attached hydrogens (tertiary/aromatic N) is 4. The Kier molecular flexibility index (Phi) is 6.18. The quantitative estimate of drug-likeness (QED) is 0.601. The molecule has 29 heavy (non-hydrogen) atoms. The fourth-order valence-electron chi connectivity index (χ4n) is 2.88. The molecule has 0 aliphatic rings. The largest absolute Gasteiger partial charge is 0.355 e. The zero-order chi connectivity index (χ0) is 20.8. The highest BCUT2D eigenvalue weighted by molar-refractivity contribution is 5.99. The van der Waals surface area contributed by atoms with Crippen molar-refractivity contribution in [1.82, 2.24) is 30.0 Å². The van der Waals surface area contributed by atoms with Gasteiger partial charge in [-0.05, 0) is 11.6 Å². The molecule has 1 aromatic carbocycles. The third-order valence-electron chi connectivity index (χ3n) is 4.45. The summed E-state index contributed by atoms with van der Waals surface area (Å²) in [7, 11) is 3.27. The standard InChI is InChI=1S/C20H22N6O3/c1-21-19(28)16-10-15(18(27)22-9-8-17-24-23-13-25(17)2)12-26(20(16)29)11-14-6-4-3-5-7-14/h3-7,10,12-13H,8-9,11H2,1-2H3,(H,21,28)(H,22,27). The second kappa shape index (κ2) is 8.96. The molecule has 0 aliphatic carbocycles. The van der Waals surface area contributed by atoms with Crippen LogP contribution < -0.4 is 16.2 Å². The first-order valence-electron chi connectivity index (χ1n) is 9.11. The molecule has 0 unspecified atom stereocenters. The molecule has 0 bridgehead atoms. The number of amides is 2. The summed E-state index contributed by atoms with van der Waals surface area (Å²) >= 11 is 0. The number of aromatic nitrogens is 4. The van der Waals surface area contributed by atoms with Gasteiger partial charge >= 0.3 is 0 Å². The fourth-order valence-corrected chi connectivity index (χ4v) is 2.88. The molecule has 150 valence electrons. The minimum absolute atomic E-state index is 0.0793. The van der Waals surface area contributed by atoms with E-state index < -0.39 is 11.5 Å². The van der Waals surface area contributed by atoms with Crippen LogP contribution in [0.1, 0.15) is 32.1 Å². The van der Waals surface area contributed by atoms with E-state index in [1.165, 1.54) is 23.9 Å². The molecule has 0 saturated carbocycles. The van der Waals surface area contributed by atoms with Crippen molar-refractivity contribution in [2.45, 2.75) is 13.0 Å². The summed E-state index contributed by atoms with van der Waals surface area (Å²) in [5.74, 6) is -0.171. The van der Waals surface area contributed by atoms with Crippen molar-refractivity contribution in [3.63, 3.8) is 0 Å². The molecule has 2 heterocycles. The minimum atomic E-state index is -0.537. The van der Waals surface area contributed by atoms with Crippen LogP contribution >= 0.6 is 0 Å². The summed E-state index contributed by atoms with van der Waals surface area (Å²) in [5.41, 5.74) is 0.586. The topological polar surface area (TPSA) is 111 Å². The molecule has 0 saturated heterocycles. The number of hydrogen-bond donors (Lipinski definition) is 2. The average Bonchev–Trinajstić information content (AvgIpc) is 3.14.